The van der Waals surface area contributed by atoms with Crippen molar-refractivity contribution in [3.8, 4) is 5.75 Å². The lowest BCUT2D eigenvalue weighted by atomic mass is 9.93. The van der Waals surface area contributed by atoms with Crippen LogP contribution in [0.5, 0.6) is 5.75 Å². The first-order valence-corrected chi connectivity index (χ1v) is 10.2. The van der Waals surface area contributed by atoms with Gasteiger partial charge in [-0.25, -0.2) is 9.97 Å². The Morgan fingerprint density at radius 3 is 2.61 bits per heavy atom. The van der Waals surface area contributed by atoms with Crippen LogP contribution in [0, 0.1) is 13.8 Å². The first-order chi connectivity index (χ1) is 13.5. The van der Waals surface area contributed by atoms with E-state index in [9.17, 15) is 9.90 Å². The largest absolute Gasteiger partial charge is 0.508 e. The first-order valence-electron chi connectivity index (χ1n) is 10.2. The maximum atomic E-state index is 13.0. The quantitative estimate of drug-likeness (QED) is 0.884. The molecular formula is C22H28N4O2. The van der Waals surface area contributed by atoms with E-state index in [1.54, 1.807) is 18.2 Å². The van der Waals surface area contributed by atoms with Crippen LogP contribution in [0.3, 0.4) is 0 Å². The van der Waals surface area contributed by atoms with Crippen molar-refractivity contribution >= 4 is 11.7 Å². The lowest BCUT2D eigenvalue weighted by Gasteiger charge is -2.33. The van der Waals surface area contributed by atoms with Gasteiger partial charge in [-0.05, 0) is 63.3 Å². The van der Waals surface area contributed by atoms with Gasteiger partial charge in [0.25, 0.3) is 5.91 Å². The summed E-state index contributed by atoms with van der Waals surface area (Å²) in [6, 6.07) is 7.19. The van der Waals surface area contributed by atoms with Gasteiger partial charge in [0.1, 0.15) is 17.4 Å². The van der Waals surface area contributed by atoms with Crippen LogP contribution in [0.1, 0.15) is 59.0 Å². The van der Waals surface area contributed by atoms with Gasteiger partial charge in [0.05, 0.1) is 5.69 Å². The Kier molecular flexibility index (Phi) is 5.20. The smallest absolute Gasteiger partial charge is 0.253 e. The SMILES string of the molecule is Cc1nc([C@H]2CCCN(C(=O)c3ccc(O)c(C)c3)C2)cc(N2CCCC2)n1. The number of amides is 1. The number of hydrogen-bond donors (Lipinski definition) is 1. The fraction of sp³-hybridized carbons (Fsp3) is 0.500. The molecule has 3 heterocycles. The summed E-state index contributed by atoms with van der Waals surface area (Å²) in [6.07, 6.45) is 4.44. The molecule has 1 N–H and O–H groups in total. The zero-order valence-corrected chi connectivity index (χ0v) is 16.7. The number of carbonyl (C=O) groups is 1. The minimum absolute atomic E-state index is 0.0262. The number of aromatic nitrogens is 2. The van der Waals surface area contributed by atoms with Gasteiger partial charge in [0, 0.05) is 43.7 Å². The third kappa shape index (κ3) is 3.81. The highest BCUT2D eigenvalue weighted by Gasteiger charge is 2.27. The standard InChI is InChI=1S/C22H28N4O2/c1-15-12-17(7-8-20(15)27)22(28)26-11-5-6-18(14-26)19-13-21(24-16(2)23-19)25-9-3-4-10-25/h7-8,12-13,18,27H,3-6,9-11,14H2,1-2H3/t18-/m0/s1. The number of hydrogen-bond acceptors (Lipinski definition) is 5. The molecule has 1 amide bonds. The number of aromatic hydroxyl groups is 1. The fourth-order valence-electron chi connectivity index (χ4n) is 4.27. The molecule has 0 bridgehead atoms. The van der Waals surface area contributed by atoms with E-state index < -0.39 is 0 Å². The molecule has 1 atom stereocenters. The summed E-state index contributed by atoms with van der Waals surface area (Å²) in [7, 11) is 0. The number of nitrogens with zero attached hydrogens (tertiary/aromatic N) is 4. The second-order valence-electron chi connectivity index (χ2n) is 7.98. The summed E-state index contributed by atoms with van der Waals surface area (Å²) >= 11 is 0. The number of likely N-dealkylation sites (tertiary alicyclic amines) is 1. The van der Waals surface area contributed by atoms with E-state index in [2.05, 4.69) is 16.0 Å². The van der Waals surface area contributed by atoms with Gasteiger partial charge in [0.2, 0.25) is 0 Å². The lowest BCUT2D eigenvalue weighted by molar-refractivity contribution is 0.0705. The van der Waals surface area contributed by atoms with Crippen molar-refractivity contribution in [2.45, 2.75) is 45.4 Å². The number of anilines is 1. The van der Waals surface area contributed by atoms with Crippen LogP contribution in [0.25, 0.3) is 0 Å². The Balaban J connectivity index is 1.53. The molecule has 28 heavy (non-hydrogen) atoms. The summed E-state index contributed by atoms with van der Waals surface area (Å²) in [5, 5.41) is 9.73. The second kappa shape index (κ2) is 7.78. The van der Waals surface area contributed by atoms with Crippen LogP contribution in [0.2, 0.25) is 0 Å². The van der Waals surface area contributed by atoms with Crippen molar-refractivity contribution in [3.63, 3.8) is 0 Å². The summed E-state index contributed by atoms with van der Waals surface area (Å²) in [4.78, 5) is 26.6. The molecule has 2 saturated heterocycles. The van der Waals surface area contributed by atoms with E-state index in [1.807, 2.05) is 18.7 Å². The summed E-state index contributed by atoms with van der Waals surface area (Å²) in [5.41, 5.74) is 2.41. The number of phenols is 1. The molecule has 2 fully saturated rings. The normalized spacial score (nSPS) is 19.9. The highest BCUT2D eigenvalue weighted by molar-refractivity contribution is 5.94. The third-order valence-corrected chi connectivity index (χ3v) is 5.84. The minimum atomic E-state index is 0.0262. The average Bonchev–Trinajstić information content (AvgIpc) is 3.24. The van der Waals surface area contributed by atoms with Crippen LogP contribution in [0.4, 0.5) is 5.82 Å². The molecule has 0 radical (unpaired) electrons. The highest BCUT2D eigenvalue weighted by atomic mass is 16.3. The van der Waals surface area contributed by atoms with Gasteiger partial charge in [0.15, 0.2) is 0 Å². The van der Waals surface area contributed by atoms with E-state index in [0.717, 1.165) is 55.4 Å². The van der Waals surface area contributed by atoms with Gasteiger partial charge >= 0.3 is 0 Å². The van der Waals surface area contributed by atoms with Gasteiger partial charge < -0.3 is 14.9 Å². The predicted octanol–water partition coefficient (Wildman–Crippen LogP) is 3.42. The van der Waals surface area contributed by atoms with Crippen LogP contribution < -0.4 is 4.90 Å². The summed E-state index contributed by atoms with van der Waals surface area (Å²) in [6.45, 7) is 7.33. The topological polar surface area (TPSA) is 69.6 Å². The molecule has 1 aromatic heterocycles. The van der Waals surface area contributed by atoms with Gasteiger partial charge in [-0.1, -0.05) is 0 Å². The highest BCUT2D eigenvalue weighted by Crippen LogP contribution is 2.30. The number of piperidine rings is 1. The van der Waals surface area contributed by atoms with E-state index >= 15 is 0 Å². The Morgan fingerprint density at radius 2 is 1.86 bits per heavy atom. The minimum Gasteiger partial charge on any atom is -0.508 e. The van der Waals surface area contributed by atoms with Crippen molar-refractivity contribution in [1.29, 1.82) is 0 Å². The summed E-state index contributed by atoms with van der Waals surface area (Å²) < 4.78 is 0. The Bertz CT molecular complexity index is 877. The second-order valence-corrected chi connectivity index (χ2v) is 7.98. The molecule has 1 aromatic carbocycles. The van der Waals surface area contributed by atoms with Crippen molar-refractivity contribution in [2.24, 2.45) is 0 Å². The maximum Gasteiger partial charge on any atom is 0.253 e. The van der Waals surface area contributed by atoms with Crippen molar-refractivity contribution in [3.05, 3.63) is 46.9 Å². The van der Waals surface area contributed by atoms with Crippen LogP contribution in [-0.2, 0) is 0 Å². The number of aryl methyl sites for hydroxylation is 2. The number of benzene rings is 1. The van der Waals surface area contributed by atoms with Gasteiger partial charge in [-0.3, -0.25) is 4.79 Å². The third-order valence-electron chi connectivity index (χ3n) is 5.84. The van der Waals surface area contributed by atoms with Crippen LogP contribution >= 0.6 is 0 Å². The Morgan fingerprint density at radius 1 is 1.07 bits per heavy atom. The predicted molar refractivity (Wildman–Crippen MR) is 109 cm³/mol. The number of phenolic OH excluding ortho intramolecular Hbond substituents is 1. The molecule has 2 aromatic rings. The molecule has 2 aliphatic heterocycles. The number of carbonyl (C=O) groups excluding carboxylic acids is 1. The Labute approximate surface area is 166 Å². The molecule has 0 saturated carbocycles. The van der Waals surface area contributed by atoms with E-state index in [1.165, 1.54) is 12.8 Å². The molecule has 0 spiro atoms. The maximum absolute atomic E-state index is 13.0. The van der Waals surface area contributed by atoms with Crippen LogP contribution in [-0.4, -0.2) is 52.1 Å². The first kappa shape index (κ1) is 18.7. The molecule has 0 aliphatic carbocycles. The van der Waals surface area contributed by atoms with E-state index in [4.69, 9.17) is 4.98 Å². The molecule has 148 valence electrons. The Hall–Kier alpha value is -2.63. The molecule has 6 heteroatoms. The number of rotatable bonds is 3. The summed E-state index contributed by atoms with van der Waals surface area (Å²) in [5.74, 6) is 2.31. The van der Waals surface area contributed by atoms with Gasteiger partial charge in [-0.2, -0.15) is 0 Å². The lowest BCUT2D eigenvalue weighted by Crippen LogP contribution is -2.39. The molecular weight excluding hydrogens is 352 g/mol. The zero-order chi connectivity index (χ0) is 19.7. The van der Waals surface area contributed by atoms with Crippen LogP contribution in [0.15, 0.2) is 24.3 Å². The van der Waals surface area contributed by atoms with Gasteiger partial charge in [-0.15, -0.1) is 0 Å². The van der Waals surface area contributed by atoms with E-state index in [-0.39, 0.29) is 17.6 Å². The van der Waals surface area contributed by atoms with Crippen molar-refractivity contribution < 1.29 is 9.90 Å². The molecule has 2 aliphatic rings. The molecule has 0 unspecified atom stereocenters. The monoisotopic (exact) mass is 380 g/mol. The fourth-order valence-corrected chi connectivity index (χ4v) is 4.27. The van der Waals surface area contributed by atoms with Crippen molar-refractivity contribution in [2.75, 3.05) is 31.1 Å². The van der Waals surface area contributed by atoms with Crippen molar-refractivity contribution in [1.82, 2.24) is 14.9 Å². The zero-order valence-electron chi connectivity index (χ0n) is 16.7. The molecule has 4 rings (SSSR count). The molecule has 6 nitrogen and oxygen atoms in total. The average molecular weight is 380 g/mol. The van der Waals surface area contributed by atoms with E-state index in [0.29, 0.717) is 12.1 Å².